The van der Waals surface area contributed by atoms with Crippen LogP contribution < -0.4 is 10.6 Å². The number of benzene rings is 6. The van der Waals surface area contributed by atoms with Crippen LogP contribution in [0.4, 0.5) is 0 Å². The molecule has 2 aliphatic heterocycles. The molecule has 2 N–H and O–H groups in total. The van der Waals surface area contributed by atoms with Crippen molar-refractivity contribution in [1.29, 1.82) is 0 Å². The van der Waals surface area contributed by atoms with E-state index in [2.05, 4.69) is 59.2 Å². The molecule has 0 bridgehead atoms. The molecular formula is C34H20N2O2. The average molecular weight is 489 g/mol. The molecule has 0 atom stereocenters. The van der Waals surface area contributed by atoms with Gasteiger partial charge in [0.15, 0.2) is 0 Å². The van der Waals surface area contributed by atoms with Crippen LogP contribution in [0, 0.1) is 0 Å². The molecule has 4 heteroatoms. The Labute approximate surface area is 217 Å². The van der Waals surface area contributed by atoms with Gasteiger partial charge < -0.3 is 10.6 Å². The number of rotatable bonds is 2. The topological polar surface area (TPSA) is 58.2 Å². The highest BCUT2D eigenvalue weighted by atomic mass is 16.2. The van der Waals surface area contributed by atoms with Crippen LogP contribution in [0.25, 0.3) is 54.5 Å². The Kier molecular flexibility index (Phi) is 4.21. The first kappa shape index (κ1) is 20.9. The highest BCUT2D eigenvalue weighted by molar-refractivity contribution is 6.32. The third-order valence-electron chi connectivity index (χ3n) is 7.76. The van der Waals surface area contributed by atoms with Gasteiger partial charge in [-0.25, -0.2) is 0 Å². The molecule has 2 heterocycles. The van der Waals surface area contributed by atoms with Gasteiger partial charge in [0.2, 0.25) is 0 Å². The summed E-state index contributed by atoms with van der Waals surface area (Å²) < 4.78 is 0. The second-order valence-electron chi connectivity index (χ2n) is 9.79. The Morgan fingerprint density at radius 2 is 0.737 bits per heavy atom. The van der Waals surface area contributed by atoms with Crippen molar-refractivity contribution in [2.45, 2.75) is 0 Å². The molecule has 0 spiro atoms. The van der Waals surface area contributed by atoms with Gasteiger partial charge in [-0.3, -0.25) is 9.59 Å². The Morgan fingerprint density at radius 3 is 1.16 bits per heavy atom. The average Bonchev–Trinajstić information content (AvgIpc) is 3.49. The second-order valence-corrected chi connectivity index (χ2v) is 9.79. The molecule has 38 heavy (non-hydrogen) atoms. The van der Waals surface area contributed by atoms with Gasteiger partial charge in [0.25, 0.3) is 11.8 Å². The summed E-state index contributed by atoms with van der Waals surface area (Å²) in [4.78, 5) is 27.1. The highest BCUT2D eigenvalue weighted by Gasteiger charge is 2.41. The largest absolute Gasteiger partial charge is 0.321 e. The van der Waals surface area contributed by atoms with Gasteiger partial charge in [-0.1, -0.05) is 97.1 Å². The first-order valence-corrected chi connectivity index (χ1v) is 12.6. The number of hydrogen-bond donors (Lipinski definition) is 2. The number of carbonyl (C=O) groups is 2. The SMILES string of the molecule is O=C1NC(c2cc3ccccc3c3ccccc23)=C2C(=O)NC(c3cc4ccccc4c4ccccc34)=C12. The van der Waals surface area contributed by atoms with Gasteiger partial charge in [0.1, 0.15) is 0 Å². The van der Waals surface area contributed by atoms with Crippen molar-refractivity contribution >= 4 is 66.3 Å². The third kappa shape index (κ3) is 2.80. The Morgan fingerprint density at radius 1 is 0.395 bits per heavy atom. The molecule has 0 saturated heterocycles. The molecule has 0 aromatic heterocycles. The molecule has 0 aliphatic carbocycles. The van der Waals surface area contributed by atoms with Crippen molar-refractivity contribution in [3.8, 4) is 0 Å². The minimum Gasteiger partial charge on any atom is -0.321 e. The van der Waals surface area contributed by atoms with Gasteiger partial charge in [-0.05, 0) is 55.2 Å². The molecule has 6 aromatic rings. The summed E-state index contributed by atoms with van der Waals surface area (Å²) in [7, 11) is 0. The number of hydrogen-bond acceptors (Lipinski definition) is 2. The van der Waals surface area contributed by atoms with Gasteiger partial charge in [-0.2, -0.15) is 0 Å². The molecule has 0 saturated carbocycles. The van der Waals surface area contributed by atoms with E-state index in [4.69, 9.17) is 0 Å². The molecule has 2 aliphatic rings. The standard InChI is InChI=1S/C34H20N2O2/c37-33-29-30(32(36-33)28-18-20-10-2-4-12-22(20)24-14-6-8-16-26(24)28)34(38)35-31(29)27-17-19-9-1-3-11-21(19)23-13-5-7-15-25(23)27/h1-18H,(H,35,38)(H,36,37). The normalized spacial score (nSPS) is 15.2. The van der Waals surface area contributed by atoms with Crippen LogP contribution in [-0.2, 0) is 9.59 Å². The molecule has 178 valence electrons. The van der Waals surface area contributed by atoms with Crippen LogP contribution in [0.1, 0.15) is 11.1 Å². The lowest BCUT2D eigenvalue weighted by Gasteiger charge is -2.14. The van der Waals surface area contributed by atoms with Gasteiger partial charge in [0.05, 0.1) is 22.5 Å². The first-order chi connectivity index (χ1) is 18.7. The van der Waals surface area contributed by atoms with Crippen molar-refractivity contribution in [2.24, 2.45) is 0 Å². The molecule has 4 nitrogen and oxygen atoms in total. The van der Waals surface area contributed by atoms with Gasteiger partial charge >= 0.3 is 0 Å². The maximum atomic E-state index is 13.6. The van der Waals surface area contributed by atoms with Crippen molar-refractivity contribution in [3.05, 3.63) is 131 Å². The van der Waals surface area contributed by atoms with Crippen molar-refractivity contribution in [2.75, 3.05) is 0 Å². The predicted octanol–water partition coefficient (Wildman–Crippen LogP) is 6.68. The second kappa shape index (κ2) is 7.64. The fourth-order valence-electron chi connectivity index (χ4n) is 6.11. The van der Waals surface area contributed by atoms with E-state index in [-0.39, 0.29) is 11.8 Å². The van der Waals surface area contributed by atoms with Gasteiger partial charge in [0, 0.05) is 11.1 Å². The van der Waals surface area contributed by atoms with E-state index in [0.717, 1.165) is 54.2 Å². The zero-order valence-electron chi connectivity index (χ0n) is 20.2. The van der Waals surface area contributed by atoms with Crippen molar-refractivity contribution < 1.29 is 9.59 Å². The van der Waals surface area contributed by atoms with Crippen LogP contribution in [0.5, 0.6) is 0 Å². The zero-order chi connectivity index (χ0) is 25.4. The number of fused-ring (bicyclic) bond motifs is 7. The Hall–Kier alpha value is -5.22. The van der Waals surface area contributed by atoms with E-state index in [1.54, 1.807) is 0 Å². The zero-order valence-corrected chi connectivity index (χ0v) is 20.2. The minimum atomic E-state index is -0.266. The Balaban J connectivity index is 1.44. The highest BCUT2D eigenvalue weighted by Crippen LogP contribution is 2.42. The van der Waals surface area contributed by atoms with E-state index in [9.17, 15) is 9.59 Å². The van der Waals surface area contributed by atoms with Crippen LogP contribution in [0.15, 0.2) is 120 Å². The van der Waals surface area contributed by atoms with E-state index in [0.29, 0.717) is 22.5 Å². The van der Waals surface area contributed by atoms with Crippen LogP contribution >= 0.6 is 0 Å². The van der Waals surface area contributed by atoms with E-state index in [1.165, 1.54) is 0 Å². The summed E-state index contributed by atoms with van der Waals surface area (Å²) >= 11 is 0. The summed E-state index contributed by atoms with van der Waals surface area (Å²) in [5.41, 5.74) is 3.62. The Bertz CT molecular complexity index is 1960. The lowest BCUT2D eigenvalue weighted by Crippen LogP contribution is -2.21. The summed E-state index contributed by atoms with van der Waals surface area (Å²) in [6.07, 6.45) is 0. The molecule has 8 rings (SSSR count). The molecule has 2 amide bonds. The fourth-order valence-corrected chi connectivity index (χ4v) is 6.11. The first-order valence-electron chi connectivity index (χ1n) is 12.6. The summed E-state index contributed by atoms with van der Waals surface area (Å²) in [6, 6.07) is 36.8. The quantitative estimate of drug-likeness (QED) is 0.267. The summed E-state index contributed by atoms with van der Waals surface area (Å²) in [5, 5.41) is 14.7. The lowest BCUT2D eigenvalue weighted by atomic mass is 9.92. The van der Waals surface area contributed by atoms with E-state index >= 15 is 0 Å². The smallest absolute Gasteiger partial charge is 0.258 e. The monoisotopic (exact) mass is 488 g/mol. The summed E-state index contributed by atoms with van der Waals surface area (Å²) in [6.45, 7) is 0. The molecule has 0 radical (unpaired) electrons. The van der Waals surface area contributed by atoms with Crippen molar-refractivity contribution in [3.63, 3.8) is 0 Å². The maximum absolute atomic E-state index is 13.6. The van der Waals surface area contributed by atoms with E-state index in [1.807, 2.05) is 60.7 Å². The van der Waals surface area contributed by atoms with E-state index < -0.39 is 0 Å². The number of nitrogens with one attached hydrogen (secondary N) is 2. The molecule has 0 unspecified atom stereocenters. The van der Waals surface area contributed by atoms with Gasteiger partial charge in [-0.15, -0.1) is 0 Å². The molecule has 6 aromatic carbocycles. The van der Waals surface area contributed by atoms with Crippen LogP contribution in [-0.4, -0.2) is 11.8 Å². The number of carbonyl (C=O) groups excluding carboxylic acids is 2. The van der Waals surface area contributed by atoms with Crippen molar-refractivity contribution in [1.82, 2.24) is 10.6 Å². The fraction of sp³-hybridized carbons (Fsp3) is 0. The van der Waals surface area contributed by atoms with Crippen LogP contribution in [0.2, 0.25) is 0 Å². The predicted molar refractivity (Wildman–Crippen MR) is 153 cm³/mol. The third-order valence-corrected chi connectivity index (χ3v) is 7.76. The maximum Gasteiger partial charge on any atom is 0.258 e. The molecule has 0 fully saturated rings. The minimum absolute atomic E-state index is 0.266. The summed E-state index contributed by atoms with van der Waals surface area (Å²) in [5.74, 6) is -0.532. The number of amides is 2. The lowest BCUT2D eigenvalue weighted by molar-refractivity contribution is -0.117. The molecular weight excluding hydrogens is 468 g/mol. The van der Waals surface area contributed by atoms with Crippen LogP contribution in [0.3, 0.4) is 0 Å².